The molecule has 0 bridgehead atoms. The summed E-state index contributed by atoms with van der Waals surface area (Å²) in [6.45, 7) is 4.66. The van der Waals surface area contributed by atoms with E-state index in [0.29, 0.717) is 0 Å². The van der Waals surface area contributed by atoms with E-state index in [1.165, 1.54) is 49.8 Å². The maximum absolute atomic E-state index is 4.82. The molecule has 1 aliphatic rings. The Bertz CT molecular complexity index is 1760. The summed E-state index contributed by atoms with van der Waals surface area (Å²) in [6, 6.07) is 39.3. The van der Waals surface area contributed by atoms with Gasteiger partial charge >= 0.3 is 0 Å². The van der Waals surface area contributed by atoms with E-state index < -0.39 is 0 Å². The molecule has 5 aromatic carbocycles. The summed E-state index contributed by atoms with van der Waals surface area (Å²) in [5.41, 5.74) is 10.1. The van der Waals surface area contributed by atoms with Crippen LogP contribution in [0.15, 0.2) is 122 Å². The maximum Gasteiger partial charge on any atom is 0.144 e. The third kappa shape index (κ3) is 3.08. The van der Waals surface area contributed by atoms with Crippen LogP contribution in [0, 0.1) is 0 Å². The van der Waals surface area contributed by atoms with Crippen molar-refractivity contribution in [3.8, 4) is 39.3 Å². The fraction of sp³-hybridized carbons (Fsp3) is 0.0882. The lowest BCUT2D eigenvalue weighted by molar-refractivity contribution is 0.655. The van der Waals surface area contributed by atoms with E-state index in [1.54, 1.807) is 0 Å². The van der Waals surface area contributed by atoms with Gasteiger partial charge in [0.25, 0.3) is 0 Å². The van der Waals surface area contributed by atoms with Gasteiger partial charge in [-0.1, -0.05) is 105 Å². The highest BCUT2D eigenvalue weighted by atomic mass is 15.1. The van der Waals surface area contributed by atoms with Crippen LogP contribution >= 0.6 is 0 Å². The van der Waals surface area contributed by atoms with Crippen molar-refractivity contribution in [2.75, 3.05) is 0 Å². The zero-order chi connectivity index (χ0) is 24.3. The second-order valence-electron chi connectivity index (χ2n) is 10.1. The quantitative estimate of drug-likeness (QED) is 0.257. The van der Waals surface area contributed by atoms with Crippen LogP contribution < -0.4 is 0 Å². The highest BCUT2D eigenvalue weighted by Crippen LogP contribution is 2.51. The van der Waals surface area contributed by atoms with Crippen LogP contribution in [0.5, 0.6) is 0 Å². The van der Waals surface area contributed by atoms with Crippen molar-refractivity contribution in [2.45, 2.75) is 19.3 Å². The molecule has 1 aliphatic carbocycles. The van der Waals surface area contributed by atoms with Gasteiger partial charge in [-0.25, -0.2) is 4.98 Å². The molecule has 0 amide bonds. The Morgan fingerprint density at radius 3 is 2.14 bits per heavy atom. The number of aromatic nitrogens is 2. The predicted molar refractivity (Wildman–Crippen MR) is 150 cm³/mol. The standard InChI is InChI=1S/C34H26N2/c1-34(2)30-13-7-6-11-28(30)29-12-8-14-31(32(29)34)36-20-19-35-33(36)27-18-17-25-21-24(15-16-26(25)22-27)23-9-4-3-5-10-23/h3-22H,1-2H3. The first-order valence-electron chi connectivity index (χ1n) is 12.5. The van der Waals surface area contributed by atoms with E-state index in [4.69, 9.17) is 4.98 Å². The van der Waals surface area contributed by atoms with Gasteiger partial charge in [0, 0.05) is 23.4 Å². The van der Waals surface area contributed by atoms with Crippen molar-refractivity contribution in [2.24, 2.45) is 0 Å². The number of nitrogens with zero attached hydrogens (tertiary/aromatic N) is 2. The molecule has 2 nitrogen and oxygen atoms in total. The molecule has 0 N–H and O–H groups in total. The average Bonchev–Trinajstić information content (AvgIpc) is 3.50. The van der Waals surface area contributed by atoms with Crippen molar-refractivity contribution in [3.05, 3.63) is 133 Å². The molecule has 172 valence electrons. The van der Waals surface area contributed by atoms with Gasteiger partial charge in [0.2, 0.25) is 0 Å². The lowest BCUT2D eigenvalue weighted by Crippen LogP contribution is -2.18. The van der Waals surface area contributed by atoms with Crippen molar-refractivity contribution < 1.29 is 0 Å². The Hall–Kier alpha value is -4.43. The average molecular weight is 463 g/mol. The molecule has 0 fully saturated rings. The van der Waals surface area contributed by atoms with Gasteiger partial charge in [-0.05, 0) is 62.4 Å². The molecular weight excluding hydrogens is 436 g/mol. The van der Waals surface area contributed by atoms with E-state index in [-0.39, 0.29) is 5.41 Å². The highest BCUT2D eigenvalue weighted by Gasteiger charge is 2.37. The summed E-state index contributed by atoms with van der Waals surface area (Å²) < 4.78 is 2.26. The van der Waals surface area contributed by atoms with E-state index in [1.807, 2.05) is 6.20 Å². The third-order valence-electron chi connectivity index (χ3n) is 7.66. The van der Waals surface area contributed by atoms with E-state index in [0.717, 1.165) is 11.4 Å². The van der Waals surface area contributed by atoms with Gasteiger partial charge in [0.1, 0.15) is 5.82 Å². The topological polar surface area (TPSA) is 17.8 Å². The molecule has 0 radical (unpaired) electrons. The summed E-state index contributed by atoms with van der Waals surface area (Å²) in [4.78, 5) is 4.82. The minimum atomic E-state index is -0.0821. The minimum Gasteiger partial charge on any atom is -0.299 e. The molecule has 0 saturated carbocycles. The summed E-state index contributed by atoms with van der Waals surface area (Å²) in [5, 5.41) is 2.45. The molecule has 0 unspecified atom stereocenters. The van der Waals surface area contributed by atoms with Crippen LogP contribution in [-0.4, -0.2) is 9.55 Å². The van der Waals surface area contributed by atoms with Crippen molar-refractivity contribution in [3.63, 3.8) is 0 Å². The first kappa shape index (κ1) is 20.9. The van der Waals surface area contributed by atoms with Gasteiger partial charge < -0.3 is 0 Å². The molecule has 2 heteroatoms. The van der Waals surface area contributed by atoms with Gasteiger partial charge in [-0.15, -0.1) is 0 Å². The number of hydrogen-bond donors (Lipinski definition) is 0. The number of imidazole rings is 1. The molecule has 0 saturated heterocycles. The molecule has 1 heterocycles. The third-order valence-corrected chi connectivity index (χ3v) is 7.66. The van der Waals surface area contributed by atoms with Crippen molar-refractivity contribution in [1.29, 1.82) is 0 Å². The largest absolute Gasteiger partial charge is 0.299 e. The molecule has 0 aliphatic heterocycles. The molecule has 7 rings (SSSR count). The van der Waals surface area contributed by atoms with Crippen LogP contribution in [-0.2, 0) is 5.41 Å². The van der Waals surface area contributed by atoms with Gasteiger partial charge in [-0.3, -0.25) is 4.57 Å². The summed E-state index contributed by atoms with van der Waals surface area (Å²) in [5.74, 6) is 0.962. The Morgan fingerprint density at radius 1 is 0.611 bits per heavy atom. The Morgan fingerprint density at radius 2 is 1.31 bits per heavy atom. The van der Waals surface area contributed by atoms with Gasteiger partial charge in [0.05, 0.1) is 5.69 Å². The lowest BCUT2D eigenvalue weighted by Gasteiger charge is -2.25. The highest BCUT2D eigenvalue weighted by molar-refractivity contribution is 5.90. The van der Waals surface area contributed by atoms with Gasteiger partial charge in [0.15, 0.2) is 0 Å². The number of rotatable bonds is 3. The zero-order valence-electron chi connectivity index (χ0n) is 20.4. The van der Waals surface area contributed by atoms with E-state index in [9.17, 15) is 0 Å². The molecule has 0 spiro atoms. The molecular formula is C34H26N2. The Balaban J connectivity index is 1.35. The first-order chi connectivity index (χ1) is 17.6. The molecule has 6 aromatic rings. The molecule has 0 atom stereocenters. The first-order valence-corrected chi connectivity index (χ1v) is 12.5. The van der Waals surface area contributed by atoms with Crippen LogP contribution in [0.1, 0.15) is 25.0 Å². The van der Waals surface area contributed by atoms with Crippen molar-refractivity contribution in [1.82, 2.24) is 9.55 Å². The fourth-order valence-electron chi connectivity index (χ4n) is 5.93. The van der Waals surface area contributed by atoms with Crippen LogP contribution in [0.3, 0.4) is 0 Å². The number of benzene rings is 5. The van der Waals surface area contributed by atoms with Crippen molar-refractivity contribution >= 4 is 10.8 Å². The predicted octanol–water partition coefficient (Wildman–Crippen LogP) is 8.67. The fourth-order valence-corrected chi connectivity index (χ4v) is 5.93. The normalized spacial score (nSPS) is 13.5. The second kappa shape index (κ2) is 7.79. The lowest BCUT2D eigenvalue weighted by atomic mass is 9.81. The molecule has 1 aromatic heterocycles. The van der Waals surface area contributed by atoms with Crippen LogP contribution in [0.25, 0.3) is 50.1 Å². The SMILES string of the molecule is CC1(C)c2ccccc2-c2cccc(-n3ccnc3-c3ccc4cc(-c5ccccc5)ccc4c3)c21. The number of hydrogen-bond acceptors (Lipinski definition) is 1. The minimum absolute atomic E-state index is 0.0821. The van der Waals surface area contributed by atoms with Crippen LogP contribution in [0.2, 0.25) is 0 Å². The van der Waals surface area contributed by atoms with Crippen LogP contribution in [0.4, 0.5) is 0 Å². The summed E-state index contributed by atoms with van der Waals surface area (Å²) in [7, 11) is 0. The van der Waals surface area contributed by atoms with Gasteiger partial charge in [-0.2, -0.15) is 0 Å². The zero-order valence-corrected chi connectivity index (χ0v) is 20.4. The second-order valence-corrected chi connectivity index (χ2v) is 10.1. The smallest absolute Gasteiger partial charge is 0.144 e. The summed E-state index contributed by atoms with van der Waals surface area (Å²) >= 11 is 0. The van der Waals surface area contributed by atoms with E-state index in [2.05, 4.69) is 134 Å². The summed E-state index contributed by atoms with van der Waals surface area (Å²) in [6.07, 6.45) is 4.00. The Kier molecular flexibility index (Phi) is 4.52. The number of fused-ring (bicyclic) bond motifs is 4. The monoisotopic (exact) mass is 462 g/mol. The van der Waals surface area contributed by atoms with E-state index >= 15 is 0 Å². The maximum atomic E-state index is 4.82. The Labute approximate surface area is 211 Å². The molecule has 36 heavy (non-hydrogen) atoms.